The quantitative estimate of drug-likeness (QED) is 0.673. The molecule has 1 N–H and O–H groups in total. The van der Waals surface area contributed by atoms with Gasteiger partial charge < -0.3 is 10.1 Å². The molecule has 102 valence electrons. The van der Waals surface area contributed by atoms with Crippen LogP contribution in [0.3, 0.4) is 0 Å². The number of para-hydroxylation sites is 1. The van der Waals surface area contributed by atoms with Crippen molar-refractivity contribution in [3.8, 4) is 0 Å². The summed E-state index contributed by atoms with van der Waals surface area (Å²) in [7, 11) is 1.37. The van der Waals surface area contributed by atoms with Crippen molar-refractivity contribution in [2.45, 2.75) is 24.6 Å². The van der Waals surface area contributed by atoms with Crippen LogP contribution in [0.25, 0.3) is 10.2 Å². The van der Waals surface area contributed by atoms with Crippen molar-refractivity contribution in [2.75, 3.05) is 12.4 Å². The number of aromatic nitrogens is 1. The molecule has 1 aromatic carbocycles. The zero-order valence-corrected chi connectivity index (χ0v) is 12.7. The van der Waals surface area contributed by atoms with Crippen molar-refractivity contribution in [2.24, 2.45) is 0 Å². The third-order valence-electron chi connectivity index (χ3n) is 2.71. The molecule has 0 fully saturated rings. The van der Waals surface area contributed by atoms with Crippen LogP contribution in [0.1, 0.15) is 13.8 Å². The Balaban J connectivity index is 2.28. The van der Waals surface area contributed by atoms with Crippen molar-refractivity contribution < 1.29 is 9.53 Å². The number of thiazole rings is 1. The molecule has 4 nitrogen and oxygen atoms in total. The second kappa shape index (κ2) is 5.38. The Hall–Kier alpha value is -1.27. The van der Waals surface area contributed by atoms with Gasteiger partial charge in [0.05, 0.1) is 17.3 Å². The minimum atomic E-state index is -0.554. The maximum absolute atomic E-state index is 11.8. The molecule has 6 heteroatoms. The molecule has 0 bridgehead atoms. The Bertz CT molecular complexity index is 557. The Morgan fingerprint density at radius 3 is 2.74 bits per heavy atom. The van der Waals surface area contributed by atoms with Crippen LogP contribution in [0.5, 0.6) is 0 Å². The van der Waals surface area contributed by atoms with Gasteiger partial charge in [-0.15, -0.1) is 0 Å². The monoisotopic (exact) mass is 296 g/mol. The predicted molar refractivity (Wildman–Crippen MR) is 82.1 cm³/mol. The number of nitrogens with zero attached hydrogens (tertiary/aromatic N) is 1. The molecule has 0 spiro atoms. The second-order valence-corrected chi connectivity index (χ2v) is 6.92. The highest BCUT2D eigenvalue weighted by molar-refractivity contribution is 7.81. The van der Waals surface area contributed by atoms with Crippen LogP contribution in [0.4, 0.5) is 5.13 Å². The minimum Gasteiger partial charge on any atom is -0.467 e. The molecule has 2 rings (SSSR count). The van der Waals surface area contributed by atoms with E-state index in [9.17, 15) is 4.79 Å². The fourth-order valence-corrected chi connectivity index (χ4v) is 2.76. The van der Waals surface area contributed by atoms with E-state index < -0.39 is 10.8 Å². The fourth-order valence-electron chi connectivity index (χ4n) is 1.70. The first-order valence-electron chi connectivity index (χ1n) is 5.84. The van der Waals surface area contributed by atoms with Crippen LogP contribution in [-0.2, 0) is 9.53 Å². The number of rotatable bonds is 4. The molecule has 1 unspecified atom stereocenters. The van der Waals surface area contributed by atoms with Crippen molar-refractivity contribution in [1.29, 1.82) is 0 Å². The first-order valence-corrected chi connectivity index (χ1v) is 7.10. The van der Waals surface area contributed by atoms with Crippen molar-refractivity contribution >= 4 is 45.3 Å². The highest BCUT2D eigenvalue weighted by Gasteiger charge is 2.33. The normalized spacial score (nSPS) is 13.3. The van der Waals surface area contributed by atoms with E-state index >= 15 is 0 Å². The Morgan fingerprint density at radius 1 is 1.47 bits per heavy atom. The van der Waals surface area contributed by atoms with Gasteiger partial charge in [0.15, 0.2) is 5.13 Å². The van der Waals surface area contributed by atoms with Gasteiger partial charge in [0, 0.05) is 4.75 Å². The van der Waals surface area contributed by atoms with Crippen LogP contribution >= 0.6 is 24.0 Å². The number of esters is 1. The SMILES string of the molecule is COC(=O)C(Nc1nc2ccccc2s1)C(C)(C)S. The third kappa shape index (κ3) is 3.19. The summed E-state index contributed by atoms with van der Waals surface area (Å²) in [6.45, 7) is 3.72. The maximum atomic E-state index is 11.8. The van der Waals surface area contributed by atoms with Gasteiger partial charge in [-0.25, -0.2) is 9.78 Å². The van der Waals surface area contributed by atoms with Crippen LogP contribution in [0.15, 0.2) is 24.3 Å². The molecular weight excluding hydrogens is 280 g/mol. The number of thiol groups is 1. The number of nitrogens with one attached hydrogen (secondary N) is 1. The predicted octanol–water partition coefficient (Wildman–Crippen LogP) is 2.96. The zero-order valence-electron chi connectivity index (χ0n) is 11.0. The van der Waals surface area contributed by atoms with Crippen LogP contribution in [-0.4, -0.2) is 28.9 Å². The van der Waals surface area contributed by atoms with Crippen LogP contribution in [0, 0.1) is 0 Å². The van der Waals surface area contributed by atoms with Crippen molar-refractivity contribution in [3.63, 3.8) is 0 Å². The molecule has 1 aromatic heterocycles. The average molecular weight is 296 g/mol. The van der Waals surface area contributed by atoms with Gasteiger partial charge in [-0.2, -0.15) is 12.6 Å². The van der Waals surface area contributed by atoms with E-state index in [2.05, 4.69) is 22.9 Å². The summed E-state index contributed by atoms with van der Waals surface area (Å²) in [5, 5.41) is 3.81. The van der Waals surface area contributed by atoms with E-state index in [1.165, 1.54) is 18.4 Å². The van der Waals surface area contributed by atoms with E-state index in [0.29, 0.717) is 5.13 Å². The molecule has 0 aliphatic heterocycles. The summed E-state index contributed by atoms with van der Waals surface area (Å²) in [6, 6.07) is 7.28. The maximum Gasteiger partial charge on any atom is 0.329 e. The number of hydrogen-bond acceptors (Lipinski definition) is 6. The summed E-state index contributed by atoms with van der Waals surface area (Å²) < 4.78 is 5.34. The minimum absolute atomic E-state index is 0.348. The van der Waals surface area contributed by atoms with Gasteiger partial charge in [-0.05, 0) is 26.0 Å². The van der Waals surface area contributed by atoms with Gasteiger partial charge in [0.2, 0.25) is 0 Å². The summed E-state index contributed by atoms with van der Waals surface area (Å²) in [4.78, 5) is 16.3. The van der Waals surface area contributed by atoms with Gasteiger partial charge in [-0.3, -0.25) is 0 Å². The Labute approximate surface area is 121 Å². The summed E-state index contributed by atoms with van der Waals surface area (Å²) in [6.07, 6.45) is 0. The van der Waals surface area contributed by atoms with Gasteiger partial charge in [-0.1, -0.05) is 23.5 Å². The fraction of sp³-hybridized carbons (Fsp3) is 0.385. The van der Waals surface area contributed by atoms with Crippen molar-refractivity contribution in [1.82, 2.24) is 4.98 Å². The molecule has 1 atom stereocenters. The Kier molecular flexibility index (Phi) is 4.01. The molecule has 0 amide bonds. The topological polar surface area (TPSA) is 51.2 Å². The number of benzene rings is 1. The lowest BCUT2D eigenvalue weighted by Gasteiger charge is -2.27. The van der Waals surface area contributed by atoms with Crippen LogP contribution in [0.2, 0.25) is 0 Å². The molecule has 19 heavy (non-hydrogen) atoms. The standard InChI is InChI=1S/C13H16N2O2S2/c1-13(2,18)10(11(16)17-3)15-12-14-8-6-4-5-7-9(8)19-12/h4-7,10,18H,1-3H3,(H,14,15). The summed E-state index contributed by atoms with van der Waals surface area (Å²) in [5.41, 5.74) is 0.913. The summed E-state index contributed by atoms with van der Waals surface area (Å²) >= 11 is 5.96. The number of methoxy groups -OCH3 is 1. The highest BCUT2D eigenvalue weighted by atomic mass is 32.1. The largest absolute Gasteiger partial charge is 0.467 e. The molecule has 1 heterocycles. The molecule has 0 aliphatic rings. The average Bonchev–Trinajstić information content (AvgIpc) is 2.76. The second-order valence-electron chi connectivity index (χ2n) is 4.74. The molecule has 0 radical (unpaired) electrons. The molecule has 0 saturated carbocycles. The van der Waals surface area contributed by atoms with Gasteiger partial charge in [0.1, 0.15) is 6.04 Å². The molecule has 0 aliphatic carbocycles. The number of carbonyl (C=O) groups is 1. The van der Waals surface area contributed by atoms with Crippen LogP contribution < -0.4 is 5.32 Å². The lowest BCUT2D eigenvalue weighted by Crippen LogP contribution is -2.44. The number of fused-ring (bicyclic) bond motifs is 1. The molecule has 0 saturated heterocycles. The third-order valence-corrected chi connectivity index (χ3v) is 3.93. The smallest absolute Gasteiger partial charge is 0.329 e. The first kappa shape index (κ1) is 14.1. The number of carbonyl (C=O) groups excluding carboxylic acids is 1. The van der Waals surface area contributed by atoms with Gasteiger partial charge in [0.25, 0.3) is 0 Å². The van der Waals surface area contributed by atoms with E-state index in [0.717, 1.165) is 10.2 Å². The molecule has 2 aromatic rings. The number of hydrogen-bond donors (Lipinski definition) is 2. The summed E-state index contributed by atoms with van der Waals surface area (Å²) in [5.74, 6) is -0.348. The number of ether oxygens (including phenoxy) is 1. The van der Waals surface area contributed by atoms with E-state index in [1.807, 2.05) is 38.1 Å². The van der Waals surface area contributed by atoms with Crippen molar-refractivity contribution in [3.05, 3.63) is 24.3 Å². The van der Waals surface area contributed by atoms with E-state index in [4.69, 9.17) is 4.74 Å². The van der Waals surface area contributed by atoms with E-state index in [1.54, 1.807) is 0 Å². The lowest BCUT2D eigenvalue weighted by atomic mass is 10.0. The Morgan fingerprint density at radius 2 is 2.16 bits per heavy atom. The zero-order chi connectivity index (χ0) is 14.0. The van der Waals surface area contributed by atoms with Gasteiger partial charge >= 0.3 is 5.97 Å². The highest BCUT2D eigenvalue weighted by Crippen LogP contribution is 2.29. The lowest BCUT2D eigenvalue weighted by molar-refractivity contribution is -0.142. The first-order chi connectivity index (χ1) is 8.91. The molecular formula is C13H16N2O2S2. The van der Waals surface area contributed by atoms with E-state index in [-0.39, 0.29) is 5.97 Å². The number of anilines is 1.